The molecule has 0 saturated carbocycles. The molecule has 0 aliphatic heterocycles. The summed E-state index contributed by atoms with van der Waals surface area (Å²) < 4.78 is 73.5. The van der Waals surface area contributed by atoms with Crippen LogP contribution in [0.15, 0.2) is 18.2 Å². The number of nitrogens with zero attached hydrogens (tertiary/aromatic N) is 1. The van der Waals surface area contributed by atoms with Crippen LogP contribution in [0.3, 0.4) is 0 Å². The van der Waals surface area contributed by atoms with Crippen LogP contribution in [0.2, 0.25) is 0 Å². The maximum Gasteiger partial charge on any atom is 0.471 e. The van der Waals surface area contributed by atoms with E-state index in [1.807, 2.05) is 0 Å². The molecule has 0 bridgehead atoms. The summed E-state index contributed by atoms with van der Waals surface area (Å²) in [5.74, 6) is -2.23. The molecule has 0 saturated heterocycles. The number of carbonyl (C=O) groups is 1. The minimum atomic E-state index is -5.09. The van der Waals surface area contributed by atoms with Crippen LogP contribution in [-0.2, 0) is 11.0 Å². The van der Waals surface area contributed by atoms with E-state index in [1.165, 1.54) is 5.32 Å². The van der Waals surface area contributed by atoms with E-state index in [1.54, 1.807) is 0 Å². The van der Waals surface area contributed by atoms with Crippen LogP contribution in [0.1, 0.15) is 5.56 Å². The van der Waals surface area contributed by atoms with Crippen molar-refractivity contribution in [2.75, 3.05) is 5.32 Å². The topological polar surface area (TPSA) is 42.0 Å². The summed E-state index contributed by atoms with van der Waals surface area (Å²) in [5.41, 5.74) is -0.872. The molecule has 1 N–H and O–H groups in total. The first-order valence-electron chi connectivity index (χ1n) is 4.93. The second-order valence-corrected chi connectivity index (χ2v) is 4.68. The maximum absolute atomic E-state index is 12.5. The Kier molecular flexibility index (Phi) is 3.36. The SMILES string of the molecule is O=C(Nc1nc2ccc(C(F)(F)F)cc2s1)C(F)(F)F. The van der Waals surface area contributed by atoms with Crippen LogP contribution in [0.25, 0.3) is 10.2 Å². The van der Waals surface area contributed by atoms with Gasteiger partial charge in [0.05, 0.1) is 15.8 Å². The molecule has 0 unspecified atom stereocenters. The summed E-state index contributed by atoms with van der Waals surface area (Å²) >= 11 is 0.529. The largest absolute Gasteiger partial charge is 0.471 e. The third kappa shape index (κ3) is 3.00. The molecule has 20 heavy (non-hydrogen) atoms. The summed E-state index contributed by atoms with van der Waals surface area (Å²) in [6.45, 7) is 0. The average molecular weight is 314 g/mol. The van der Waals surface area contributed by atoms with Crippen molar-refractivity contribution in [3.63, 3.8) is 0 Å². The lowest BCUT2D eigenvalue weighted by atomic mass is 10.2. The molecule has 0 aliphatic carbocycles. The van der Waals surface area contributed by atoms with Gasteiger partial charge in [0, 0.05) is 0 Å². The van der Waals surface area contributed by atoms with Gasteiger partial charge in [0.15, 0.2) is 5.13 Å². The fourth-order valence-electron chi connectivity index (χ4n) is 1.32. The van der Waals surface area contributed by atoms with Crippen LogP contribution in [0.4, 0.5) is 31.5 Å². The van der Waals surface area contributed by atoms with Crippen LogP contribution in [-0.4, -0.2) is 17.1 Å². The van der Waals surface area contributed by atoms with Gasteiger partial charge in [-0.1, -0.05) is 11.3 Å². The summed E-state index contributed by atoms with van der Waals surface area (Å²) in [6.07, 6.45) is -9.65. The number of benzene rings is 1. The van der Waals surface area contributed by atoms with Crippen LogP contribution >= 0.6 is 11.3 Å². The molecule has 0 aliphatic rings. The number of hydrogen-bond donors (Lipinski definition) is 1. The number of fused-ring (bicyclic) bond motifs is 1. The minimum absolute atomic E-state index is 0.0253. The number of amides is 1. The van der Waals surface area contributed by atoms with Crippen molar-refractivity contribution >= 4 is 32.6 Å². The molecule has 2 rings (SSSR count). The fourth-order valence-corrected chi connectivity index (χ4v) is 2.22. The normalized spacial score (nSPS) is 12.7. The Morgan fingerprint density at radius 3 is 2.35 bits per heavy atom. The molecule has 1 amide bonds. The second kappa shape index (κ2) is 4.62. The van der Waals surface area contributed by atoms with E-state index in [0.29, 0.717) is 11.3 Å². The van der Waals surface area contributed by atoms with Crippen molar-refractivity contribution in [1.29, 1.82) is 0 Å². The van der Waals surface area contributed by atoms with Crippen molar-refractivity contribution in [2.24, 2.45) is 0 Å². The predicted molar refractivity (Wildman–Crippen MR) is 59.3 cm³/mol. The third-order valence-electron chi connectivity index (χ3n) is 2.19. The molecular formula is C10H4F6N2OS. The monoisotopic (exact) mass is 314 g/mol. The predicted octanol–water partition coefficient (Wildman–Crippen LogP) is 3.82. The molecule has 1 aromatic carbocycles. The number of hydrogen-bond acceptors (Lipinski definition) is 3. The zero-order valence-corrected chi connectivity index (χ0v) is 10.1. The van der Waals surface area contributed by atoms with Gasteiger partial charge in [0.25, 0.3) is 0 Å². The summed E-state index contributed by atoms with van der Waals surface area (Å²) in [7, 11) is 0. The highest BCUT2D eigenvalue weighted by Gasteiger charge is 2.39. The van der Waals surface area contributed by atoms with Gasteiger partial charge in [-0.3, -0.25) is 10.1 Å². The number of aromatic nitrogens is 1. The van der Waals surface area contributed by atoms with Crippen LogP contribution in [0.5, 0.6) is 0 Å². The number of rotatable bonds is 1. The number of anilines is 1. The van der Waals surface area contributed by atoms with Gasteiger partial charge in [0.2, 0.25) is 0 Å². The number of thiazole rings is 1. The van der Waals surface area contributed by atoms with Gasteiger partial charge >= 0.3 is 18.3 Å². The van der Waals surface area contributed by atoms with E-state index in [2.05, 4.69) is 4.98 Å². The molecule has 3 nitrogen and oxygen atoms in total. The zero-order valence-electron chi connectivity index (χ0n) is 9.26. The highest BCUT2D eigenvalue weighted by Crippen LogP contribution is 2.34. The third-order valence-corrected chi connectivity index (χ3v) is 3.13. The quantitative estimate of drug-likeness (QED) is 0.813. The van der Waals surface area contributed by atoms with Crippen molar-refractivity contribution in [3.8, 4) is 0 Å². The highest BCUT2D eigenvalue weighted by atomic mass is 32.1. The Labute approximate surface area is 111 Å². The van der Waals surface area contributed by atoms with E-state index in [9.17, 15) is 31.1 Å². The summed E-state index contributed by atoms with van der Waals surface area (Å²) in [5, 5.41) is 1.08. The molecule has 10 heteroatoms. The van der Waals surface area contributed by atoms with Gasteiger partial charge in [-0.05, 0) is 18.2 Å². The van der Waals surface area contributed by atoms with Crippen molar-refractivity contribution in [2.45, 2.75) is 12.4 Å². The number of nitrogens with one attached hydrogen (secondary N) is 1. The van der Waals surface area contributed by atoms with Crippen molar-refractivity contribution < 1.29 is 31.1 Å². The first-order chi connectivity index (χ1) is 9.07. The lowest BCUT2D eigenvalue weighted by Crippen LogP contribution is -2.29. The highest BCUT2D eigenvalue weighted by molar-refractivity contribution is 7.22. The Morgan fingerprint density at radius 1 is 1.15 bits per heavy atom. The Bertz CT molecular complexity index is 660. The average Bonchev–Trinajstić information content (AvgIpc) is 2.67. The molecule has 0 fully saturated rings. The van der Waals surface area contributed by atoms with Crippen LogP contribution < -0.4 is 5.32 Å². The van der Waals surface area contributed by atoms with Crippen molar-refractivity contribution in [1.82, 2.24) is 4.98 Å². The van der Waals surface area contributed by atoms with E-state index >= 15 is 0 Å². The number of alkyl halides is 6. The Balaban J connectivity index is 2.33. The van der Waals surface area contributed by atoms with E-state index in [-0.39, 0.29) is 10.2 Å². The smallest absolute Gasteiger partial charge is 0.294 e. The number of halogens is 6. The standard InChI is InChI=1S/C10H4F6N2OS/c11-9(12,13)4-1-2-5-6(3-4)20-8(17-5)18-7(19)10(14,15)16/h1-3H,(H,17,18,19). The Morgan fingerprint density at radius 2 is 1.80 bits per heavy atom. The maximum atomic E-state index is 12.5. The summed E-state index contributed by atoms with van der Waals surface area (Å²) in [4.78, 5) is 14.3. The fraction of sp³-hybridized carbons (Fsp3) is 0.200. The minimum Gasteiger partial charge on any atom is -0.294 e. The first-order valence-corrected chi connectivity index (χ1v) is 5.75. The molecule has 1 aromatic heterocycles. The van der Waals surface area contributed by atoms with Gasteiger partial charge in [-0.2, -0.15) is 26.3 Å². The summed E-state index contributed by atoms with van der Waals surface area (Å²) in [6, 6.07) is 2.55. The van der Waals surface area contributed by atoms with Gasteiger partial charge in [-0.15, -0.1) is 0 Å². The van der Waals surface area contributed by atoms with E-state index in [4.69, 9.17) is 0 Å². The molecular weight excluding hydrogens is 310 g/mol. The zero-order chi connectivity index (χ0) is 15.1. The van der Waals surface area contributed by atoms with Gasteiger partial charge < -0.3 is 0 Å². The lowest BCUT2D eigenvalue weighted by molar-refractivity contribution is -0.167. The molecule has 0 radical (unpaired) electrons. The van der Waals surface area contributed by atoms with Crippen molar-refractivity contribution in [3.05, 3.63) is 23.8 Å². The Hall–Kier alpha value is -1.84. The second-order valence-electron chi connectivity index (χ2n) is 3.65. The van der Waals surface area contributed by atoms with Crippen LogP contribution in [0, 0.1) is 0 Å². The molecule has 0 atom stereocenters. The van der Waals surface area contributed by atoms with Gasteiger partial charge in [0.1, 0.15) is 0 Å². The first kappa shape index (κ1) is 14.6. The molecule has 108 valence electrons. The lowest BCUT2D eigenvalue weighted by Gasteiger charge is -2.04. The molecule has 0 spiro atoms. The molecule has 2 aromatic rings. The van der Waals surface area contributed by atoms with E-state index in [0.717, 1.165) is 18.2 Å². The van der Waals surface area contributed by atoms with E-state index < -0.39 is 29.0 Å². The number of carbonyl (C=O) groups excluding carboxylic acids is 1. The van der Waals surface area contributed by atoms with Gasteiger partial charge in [-0.25, -0.2) is 4.98 Å². The molecule has 1 heterocycles.